The second-order valence-corrected chi connectivity index (χ2v) is 19.6. The first-order valence-electron chi connectivity index (χ1n) is 25.3. The van der Waals surface area contributed by atoms with Crippen molar-refractivity contribution < 1.29 is 84.3 Å². The van der Waals surface area contributed by atoms with Gasteiger partial charge in [-0.2, -0.15) is 11.8 Å². The molecule has 3 aromatic rings. The van der Waals surface area contributed by atoms with Crippen LogP contribution in [0.5, 0.6) is 0 Å². The predicted molar refractivity (Wildman–Crippen MR) is 308 cm³/mol. The van der Waals surface area contributed by atoms with Crippen LogP contribution in [0.25, 0.3) is 10.9 Å². The van der Waals surface area contributed by atoms with Gasteiger partial charge in [0, 0.05) is 23.5 Å². The number of fused-ring (bicyclic) bond motifs is 1. The molecule has 0 radical (unpaired) electrons. The van der Waals surface area contributed by atoms with Gasteiger partial charge >= 0.3 is 47.8 Å². The van der Waals surface area contributed by atoms with Crippen molar-refractivity contribution in [2.45, 2.75) is 154 Å². The van der Waals surface area contributed by atoms with E-state index in [1.807, 2.05) is 94.7 Å². The van der Waals surface area contributed by atoms with Crippen molar-refractivity contribution in [3.63, 3.8) is 0 Å². The van der Waals surface area contributed by atoms with Crippen LogP contribution in [0.4, 0.5) is 0 Å². The van der Waals surface area contributed by atoms with Gasteiger partial charge < -0.3 is 103 Å². The monoisotopic (exact) mass is 1160 g/mol. The fraction of sp³-hybridized carbons (Fsp3) is 0.577. The molecule has 28 N–H and O–H groups in total. The maximum absolute atomic E-state index is 10.6. The summed E-state index contributed by atoms with van der Waals surface area (Å²) in [6.45, 7) is 13.1. The Hall–Kier alpha value is -6.31. The number of thioether (sulfide) groups is 1. The number of hydrogen-bond donors (Lipinski definition) is 19. The van der Waals surface area contributed by atoms with E-state index in [1.165, 1.54) is 6.92 Å². The molecule has 1 aromatic heterocycles. The first-order valence-corrected chi connectivity index (χ1v) is 26.7. The lowest BCUT2D eigenvalue weighted by Gasteiger charge is -2.11. The zero-order valence-electron chi connectivity index (χ0n) is 47.2. The van der Waals surface area contributed by atoms with Crippen molar-refractivity contribution in [2.24, 2.45) is 69.4 Å². The number of aromatic amines is 1. The van der Waals surface area contributed by atoms with Gasteiger partial charge in [0.2, 0.25) is 0 Å². The highest BCUT2D eigenvalue weighted by molar-refractivity contribution is 7.98. The third kappa shape index (κ3) is 45.5. The largest absolute Gasteiger partial charge is 0.480 e. The number of para-hydroxylation sites is 1. The summed E-state index contributed by atoms with van der Waals surface area (Å²) in [6, 6.07) is 10.8. The number of carboxylic acid groups (broad SMARTS) is 8. The summed E-state index contributed by atoms with van der Waals surface area (Å²) in [6.07, 6.45) is 7.57. The lowest BCUT2D eigenvalue weighted by Crippen LogP contribution is -2.39. The van der Waals surface area contributed by atoms with E-state index < -0.39 is 102 Å². The van der Waals surface area contributed by atoms with Gasteiger partial charge in [0.25, 0.3) is 0 Å². The highest BCUT2D eigenvalue weighted by Crippen LogP contribution is 2.18. The fourth-order valence-corrected chi connectivity index (χ4v) is 5.67. The summed E-state index contributed by atoms with van der Waals surface area (Å²) in [4.78, 5) is 84.5. The Balaban J connectivity index is -0.000000271. The number of rotatable bonds is 25. The van der Waals surface area contributed by atoms with Crippen molar-refractivity contribution in [3.05, 3.63) is 71.9 Å². The first-order chi connectivity index (χ1) is 37.0. The van der Waals surface area contributed by atoms with Gasteiger partial charge in [-0.25, -0.2) is 0 Å². The second-order valence-electron chi connectivity index (χ2n) is 18.6. The van der Waals surface area contributed by atoms with Gasteiger partial charge in [0.1, 0.15) is 48.3 Å². The average Bonchev–Trinajstić information content (AvgIpc) is 3.80. The fourth-order valence-electron chi connectivity index (χ4n) is 5.18. The molecular weight excluding hydrogens is 1070 g/mol. The summed E-state index contributed by atoms with van der Waals surface area (Å²) < 4.78 is 0. The van der Waals surface area contributed by atoms with Crippen LogP contribution in [0, 0.1) is 17.8 Å². The number of aromatic nitrogens is 1. The van der Waals surface area contributed by atoms with Crippen LogP contribution in [0.3, 0.4) is 0 Å². The minimum Gasteiger partial charge on any atom is -0.480 e. The molecule has 0 fully saturated rings. The topological polar surface area (TPSA) is 569 Å². The Morgan fingerprint density at radius 3 is 1.27 bits per heavy atom. The Bertz CT molecular complexity index is 2150. The molecule has 2 aromatic carbocycles. The molecular formula is C52H94N10O17S. The highest BCUT2D eigenvalue weighted by atomic mass is 32.2. The zero-order valence-corrected chi connectivity index (χ0v) is 48.0. The number of hydrogen-bond acceptors (Lipinski definition) is 19. The van der Waals surface area contributed by atoms with Crippen LogP contribution >= 0.6 is 11.8 Å². The smallest absolute Gasteiger partial charge is 0.323 e. The second kappa shape index (κ2) is 48.6. The van der Waals surface area contributed by atoms with E-state index in [-0.39, 0.29) is 11.8 Å². The maximum Gasteiger partial charge on any atom is 0.323 e. The summed E-state index contributed by atoms with van der Waals surface area (Å²) in [5.74, 6) is -6.45. The Labute approximate surface area is 472 Å². The number of carbonyl (C=O) groups is 8. The number of benzene rings is 2. The van der Waals surface area contributed by atoms with Crippen LogP contribution in [-0.2, 0) is 51.2 Å². The van der Waals surface area contributed by atoms with Crippen molar-refractivity contribution in [1.29, 1.82) is 0 Å². The van der Waals surface area contributed by atoms with Gasteiger partial charge in [-0.1, -0.05) is 103 Å². The van der Waals surface area contributed by atoms with E-state index in [0.717, 1.165) is 47.0 Å². The molecule has 0 saturated carbocycles. The molecule has 0 saturated heterocycles. The molecule has 0 aliphatic heterocycles. The number of unbranched alkanes of at least 4 members (excludes halogenated alkanes) is 1. The first kappa shape index (κ1) is 82.5. The van der Waals surface area contributed by atoms with Crippen LogP contribution < -0.4 is 51.6 Å². The summed E-state index contributed by atoms with van der Waals surface area (Å²) in [5.41, 5.74) is 49.9. The summed E-state index contributed by atoms with van der Waals surface area (Å²) in [5, 5.41) is 76.3. The van der Waals surface area contributed by atoms with Gasteiger partial charge in [0.05, 0.1) is 6.10 Å². The maximum atomic E-state index is 10.6. The Morgan fingerprint density at radius 1 is 0.525 bits per heavy atom. The van der Waals surface area contributed by atoms with Gasteiger partial charge in [-0.15, -0.1) is 0 Å². The Kier molecular flexibility index (Phi) is 50.1. The third-order valence-corrected chi connectivity index (χ3v) is 11.3. The quantitative estimate of drug-likeness (QED) is 0.0529. The number of H-pyrrole nitrogens is 1. The molecule has 27 nitrogen and oxygen atoms in total. The average molecular weight is 1160 g/mol. The Morgan fingerprint density at radius 2 is 0.950 bits per heavy atom. The van der Waals surface area contributed by atoms with Crippen LogP contribution in [-0.4, -0.2) is 172 Å². The molecule has 0 amide bonds. The number of nitrogens with two attached hydrogens (primary N) is 9. The van der Waals surface area contributed by atoms with Crippen molar-refractivity contribution in [2.75, 3.05) is 18.6 Å². The molecule has 0 spiro atoms. The number of carboxylic acids is 8. The SMILES string of the molecule is CC(C)C[C@H](N)C(=O)O.CC(C)[C@H](N)C(=O)O.CC[C@H](C)[C@H](N)C(=O)O.CSCC[C@H](N)C(=O)O.C[C@@H](O)[C@H](N)C(=O)O.NCCCC[C@H](N)C(=O)O.N[C@@H](Cc1c[nH]c2ccccc12)C(=O)O.N[C@@H](Cc1ccccc1)C(=O)O. The summed E-state index contributed by atoms with van der Waals surface area (Å²) >= 11 is 1.60. The highest BCUT2D eigenvalue weighted by Gasteiger charge is 2.19. The van der Waals surface area contributed by atoms with E-state index in [0.29, 0.717) is 44.6 Å². The van der Waals surface area contributed by atoms with Crippen molar-refractivity contribution in [3.8, 4) is 0 Å². The van der Waals surface area contributed by atoms with E-state index in [4.69, 9.17) is 97.6 Å². The molecule has 10 atom stereocenters. The van der Waals surface area contributed by atoms with Crippen LogP contribution in [0.2, 0.25) is 0 Å². The molecule has 80 heavy (non-hydrogen) atoms. The number of aliphatic hydroxyl groups excluding tert-OH is 1. The normalized spacial score (nSPS) is 13.9. The van der Waals surface area contributed by atoms with E-state index in [2.05, 4.69) is 4.98 Å². The number of nitrogens with one attached hydrogen (secondary N) is 1. The molecule has 460 valence electrons. The van der Waals surface area contributed by atoms with E-state index >= 15 is 0 Å². The molecule has 0 unspecified atom stereocenters. The van der Waals surface area contributed by atoms with E-state index in [1.54, 1.807) is 25.6 Å². The van der Waals surface area contributed by atoms with Gasteiger partial charge in [0.15, 0.2) is 0 Å². The zero-order chi connectivity index (χ0) is 63.4. The minimum absolute atomic E-state index is 0.0208. The standard InChI is InChI=1S/C11H12N2O2.C9H11NO2.C6H14N2O2.2C6H13NO2.C5H11NO2S.C5H11NO2.C4H9NO3/c12-9(11(14)15)5-7-6-13-10-4-2-1-3-8(7)10;10-8(9(11)12)6-7-4-2-1-3-5-7;7-4-2-1-3-5(8)6(9)10;1-4(2)3-5(7)6(8)9;1-3-4(2)5(7)6(8)9;1-9-3-2-4(6)5(7)8;1-3(2)4(6)5(7)8;1-2(6)3(5)4(7)8/h1-4,6,9,13H,5,12H2,(H,14,15);1-5,8H,6,10H2,(H,11,12);5H,1-4,7-8H2,(H,9,10);2*4-5H,3,7H2,1-2H3,(H,8,9);4H,2-3,6H2,1H3,(H,7,8);3-4H,6H2,1-2H3,(H,7,8);2-3,6H,5H2,1H3,(H,7,8)/t9-;8-;2*5-;4-,5-;2*4-;2-,3+/m00000001/s1. The molecule has 28 heteroatoms. The molecule has 3 rings (SSSR count). The van der Waals surface area contributed by atoms with E-state index in [9.17, 15) is 38.4 Å². The van der Waals surface area contributed by atoms with Crippen molar-refractivity contribution >= 4 is 70.4 Å². The third-order valence-electron chi connectivity index (χ3n) is 10.7. The van der Waals surface area contributed by atoms with Crippen molar-refractivity contribution in [1.82, 2.24) is 4.98 Å². The van der Waals surface area contributed by atoms with Gasteiger partial charge in [-0.3, -0.25) is 38.4 Å². The van der Waals surface area contributed by atoms with Crippen LogP contribution in [0.1, 0.15) is 98.1 Å². The number of aliphatic carboxylic acids is 8. The molecule has 0 aliphatic rings. The predicted octanol–water partition coefficient (Wildman–Crippen LogP) is 1.16. The summed E-state index contributed by atoms with van der Waals surface area (Å²) in [7, 11) is 0. The minimum atomic E-state index is -1.18. The molecule has 1 heterocycles. The molecule has 0 bridgehead atoms. The lowest BCUT2D eigenvalue weighted by atomic mass is 10.0. The van der Waals surface area contributed by atoms with Crippen LogP contribution in [0.15, 0.2) is 60.8 Å². The van der Waals surface area contributed by atoms with Gasteiger partial charge in [-0.05, 0) is 92.5 Å². The molecule has 0 aliphatic carbocycles. The lowest BCUT2D eigenvalue weighted by molar-refractivity contribution is -0.141. The number of aliphatic hydroxyl groups is 1.